The lowest BCUT2D eigenvalue weighted by molar-refractivity contribution is 0.0607. The minimum absolute atomic E-state index is 0.427. The molecule has 9 heteroatoms. The predicted molar refractivity (Wildman–Crippen MR) is 113 cm³/mol. The van der Waals surface area contributed by atoms with E-state index in [0.29, 0.717) is 41.4 Å². The third-order valence-electron chi connectivity index (χ3n) is 6.29. The molecule has 8 nitrogen and oxygen atoms in total. The summed E-state index contributed by atoms with van der Waals surface area (Å²) in [5.41, 5.74) is 1.91. The van der Waals surface area contributed by atoms with E-state index < -0.39 is 0 Å². The van der Waals surface area contributed by atoms with Crippen molar-refractivity contribution in [3.8, 4) is 5.88 Å². The second kappa shape index (κ2) is 7.99. The number of piperidine rings is 1. The zero-order chi connectivity index (χ0) is 19.8. The molecule has 2 N–H and O–H groups in total. The number of rotatable bonds is 2. The Morgan fingerprint density at radius 2 is 1.97 bits per heavy atom. The van der Waals surface area contributed by atoms with Gasteiger partial charge in [0, 0.05) is 12.6 Å². The van der Waals surface area contributed by atoms with Crippen molar-refractivity contribution < 1.29 is 4.74 Å². The molecule has 0 atom stereocenters. The summed E-state index contributed by atoms with van der Waals surface area (Å²) in [7, 11) is 0. The van der Waals surface area contributed by atoms with Crippen molar-refractivity contribution in [1.82, 2.24) is 24.6 Å². The van der Waals surface area contributed by atoms with Crippen LogP contribution in [0.15, 0.2) is 6.20 Å². The smallest absolute Gasteiger partial charge is 0.257 e. The van der Waals surface area contributed by atoms with Crippen molar-refractivity contribution in [2.24, 2.45) is 0 Å². The second-order valence-electron chi connectivity index (χ2n) is 8.23. The molecule has 0 aromatic carbocycles. The summed E-state index contributed by atoms with van der Waals surface area (Å²) in [4.78, 5) is 11.5. The van der Waals surface area contributed by atoms with Crippen LogP contribution >= 0.6 is 11.6 Å². The van der Waals surface area contributed by atoms with Gasteiger partial charge in [0.2, 0.25) is 5.95 Å². The highest BCUT2D eigenvalue weighted by Gasteiger charge is 2.37. The van der Waals surface area contributed by atoms with E-state index in [4.69, 9.17) is 21.4 Å². The van der Waals surface area contributed by atoms with Gasteiger partial charge in [-0.25, -0.2) is 4.98 Å². The summed E-state index contributed by atoms with van der Waals surface area (Å²) in [6.45, 7) is 5.90. The van der Waals surface area contributed by atoms with E-state index in [1.54, 1.807) is 6.20 Å². The molecule has 2 aliphatic heterocycles. The molecular weight excluding hydrogens is 390 g/mol. The van der Waals surface area contributed by atoms with Crippen LogP contribution in [0.5, 0.6) is 5.88 Å². The maximum atomic E-state index is 6.21. The van der Waals surface area contributed by atoms with Gasteiger partial charge in [-0.05, 0) is 52.1 Å². The Morgan fingerprint density at radius 1 is 1.14 bits per heavy atom. The number of halogens is 1. The maximum absolute atomic E-state index is 6.21. The van der Waals surface area contributed by atoms with Gasteiger partial charge in [0.1, 0.15) is 10.7 Å². The van der Waals surface area contributed by atoms with Gasteiger partial charge in [0.25, 0.3) is 5.88 Å². The Balaban J connectivity index is 1.37. The molecule has 1 aliphatic carbocycles. The highest BCUT2D eigenvalue weighted by molar-refractivity contribution is 6.32. The molecule has 156 valence electrons. The summed E-state index contributed by atoms with van der Waals surface area (Å²) in [6, 6.07) is 1.12. The predicted octanol–water partition coefficient (Wildman–Crippen LogP) is 3.76. The molecule has 29 heavy (non-hydrogen) atoms. The molecule has 2 bridgehead atoms. The van der Waals surface area contributed by atoms with E-state index in [1.807, 2.05) is 0 Å². The molecule has 5 rings (SSSR count). The van der Waals surface area contributed by atoms with E-state index in [2.05, 4.69) is 37.1 Å². The fourth-order valence-electron chi connectivity index (χ4n) is 4.54. The average molecular weight is 418 g/mol. The zero-order valence-electron chi connectivity index (χ0n) is 16.8. The van der Waals surface area contributed by atoms with Crippen molar-refractivity contribution in [3.05, 3.63) is 16.9 Å². The number of hydrogen-bond donors (Lipinski definition) is 2. The van der Waals surface area contributed by atoms with Gasteiger partial charge in [0.05, 0.1) is 24.5 Å². The molecule has 3 aliphatic rings. The summed E-state index contributed by atoms with van der Waals surface area (Å²) in [5.74, 6) is 1.76. The molecule has 1 saturated carbocycles. The Labute approximate surface area is 176 Å². The molecule has 0 amide bonds. The van der Waals surface area contributed by atoms with Crippen molar-refractivity contribution in [2.75, 3.05) is 36.9 Å². The quantitative estimate of drug-likeness (QED) is 0.769. The topological polar surface area (TPSA) is 80.1 Å². The third-order valence-corrected chi connectivity index (χ3v) is 6.57. The van der Waals surface area contributed by atoms with Crippen molar-refractivity contribution in [1.29, 1.82) is 0 Å². The first-order valence-electron chi connectivity index (χ1n) is 10.7. The van der Waals surface area contributed by atoms with Gasteiger partial charge < -0.3 is 20.3 Å². The number of fused-ring (bicyclic) bond motifs is 3. The standard InChI is InChI=1S/C20H28ClN7O/c1-13-17-19(26-28(13)15-10-14(11-15)27-7-3-2-4-8-27)29-9-5-6-22-18-16(21)12-23-20(24-17)25-18/h12,14-15H,2-11H2,1H3,(H2,22,23,24,25). The average Bonchev–Trinajstić information content (AvgIpc) is 2.97. The Kier molecular flexibility index (Phi) is 5.22. The Bertz CT molecular complexity index is 874. The van der Waals surface area contributed by atoms with E-state index in [1.165, 1.54) is 32.4 Å². The highest BCUT2D eigenvalue weighted by atomic mass is 35.5. The minimum Gasteiger partial charge on any atom is -0.475 e. The SMILES string of the molecule is Cc1c2c(nn1C1CC(N3CCCCC3)C1)OCCCNc1nc(ncc1Cl)N2. The Morgan fingerprint density at radius 3 is 2.79 bits per heavy atom. The van der Waals surface area contributed by atoms with Gasteiger partial charge in [-0.1, -0.05) is 18.0 Å². The summed E-state index contributed by atoms with van der Waals surface area (Å²) < 4.78 is 8.16. The molecule has 4 heterocycles. The van der Waals surface area contributed by atoms with Crippen molar-refractivity contribution >= 4 is 29.1 Å². The molecule has 0 unspecified atom stereocenters. The molecular formula is C20H28ClN7O. The van der Waals surface area contributed by atoms with Crippen LogP contribution in [0.1, 0.15) is 50.3 Å². The largest absolute Gasteiger partial charge is 0.475 e. The molecule has 2 fully saturated rings. The fourth-order valence-corrected chi connectivity index (χ4v) is 4.70. The normalized spacial score (nSPS) is 24.9. The molecule has 2 aromatic rings. The van der Waals surface area contributed by atoms with Gasteiger partial charge in [-0.15, -0.1) is 5.10 Å². The van der Waals surface area contributed by atoms with Crippen LogP contribution in [-0.2, 0) is 0 Å². The second-order valence-corrected chi connectivity index (χ2v) is 8.64. The molecule has 1 saturated heterocycles. The van der Waals surface area contributed by atoms with Crippen LogP contribution in [0, 0.1) is 6.92 Å². The Hall–Kier alpha value is -2.06. The molecule has 2 aromatic heterocycles. The molecule has 0 spiro atoms. The number of hydrogen-bond acceptors (Lipinski definition) is 7. The van der Waals surface area contributed by atoms with Gasteiger partial charge >= 0.3 is 0 Å². The first-order valence-corrected chi connectivity index (χ1v) is 11.1. The highest BCUT2D eigenvalue weighted by Crippen LogP contribution is 2.41. The zero-order valence-corrected chi connectivity index (χ0v) is 17.6. The third kappa shape index (κ3) is 3.75. The van der Waals surface area contributed by atoms with Crippen LogP contribution in [0.4, 0.5) is 17.5 Å². The van der Waals surface area contributed by atoms with Crippen LogP contribution in [0.3, 0.4) is 0 Å². The van der Waals surface area contributed by atoms with Crippen LogP contribution < -0.4 is 15.4 Å². The minimum atomic E-state index is 0.427. The number of anilines is 3. The number of aromatic nitrogens is 4. The summed E-state index contributed by atoms with van der Waals surface area (Å²) in [6.07, 6.45) is 8.83. The first kappa shape index (κ1) is 18.9. The number of nitrogens with one attached hydrogen (secondary N) is 2. The monoisotopic (exact) mass is 417 g/mol. The van der Waals surface area contributed by atoms with Gasteiger partial charge in [-0.3, -0.25) is 4.68 Å². The number of likely N-dealkylation sites (tertiary alicyclic amines) is 1. The number of ether oxygens (including phenoxy) is 1. The van der Waals surface area contributed by atoms with E-state index in [9.17, 15) is 0 Å². The van der Waals surface area contributed by atoms with Crippen LogP contribution in [0.2, 0.25) is 5.02 Å². The van der Waals surface area contributed by atoms with E-state index in [-0.39, 0.29) is 0 Å². The summed E-state index contributed by atoms with van der Waals surface area (Å²) in [5, 5.41) is 11.9. The lowest BCUT2D eigenvalue weighted by atomic mass is 9.84. The lowest BCUT2D eigenvalue weighted by Gasteiger charge is -2.44. The van der Waals surface area contributed by atoms with Crippen molar-refractivity contribution in [3.63, 3.8) is 0 Å². The summed E-state index contributed by atoms with van der Waals surface area (Å²) >= 11 is 6.21. The van der Waals surface area contributed by atoms with Crippen LogP contribution in [-0.4, -0.2) is 56.9 Å². The lowest BCUT2D eigenvalue weighted by Crippen LogP contribution is -2.47. The maximum Gasteiger partial charge on any atom is 0.257 e. The van der Waals surface area contributed by atoms with Crippen LogP contribution in [0.25, 0.3) is 0 Å². The number of nitrogens with zero attached hydrogens (tertiary/aromatic N) is 5. The van der Waals surface area contributed by atoms with E-state index >= 15 is 0 Å². The first-order chi connectivity index (χ1) is 14.2. The molecule has 0 radical (unpaired) electrons. The van der Waals surface area contributed by atoms with Gasteiger partial charge in [-0.2, -0.15) is 4.98 Å². The van der Waals surface area contributed by atoms with Gasteiger partial charge in [0.15, 0.2) is 5.82 Å². The fraction of sp³-hybridized carbons (Fsp3) is 0.650. The van der Waals surface area contributed by atoms with E-state index in [0.717, 1.165) is 37.2 Å². The van der Waals surface area contributed by atoms with Crippen molar-refractivity contribution in [2.45, 2.75) is 57.5 Å².